The average Bonchev–Trinajstić information content (AvgIpc) is 2.86. The van der Waals surface area contributed by atoms with E-state index in [-0.39, 0.29) is 18.2 Å². The molecule has 2 amide bonds. The van der Waals surface area contributed by atoms with Crippen LogP contribution in [0.3, 0.4) is 0 Å². The maximum absolute atomic E-state index is 13.6. The van der Waals surface area contributed by atoms with Gasteiger partial charge in [-0.15, -0.1) is 6.58 Å². The largest absolute Gasteiger partial charge is 0.497 e. The van der Waals surface area contributed by atoms with Crippen LogP contribution in [0, 0.1) is 0 Å². The Bertz CT molecular complexity index is 1030. The number of hydrogen-bond acceptors (Lipinski definition) is 3. The SMILES string of the molecule is C=CCNC(=O)C(Cc1ccccc1)N(Cc1ccc(OC)cc1)C(=O)Cc1ccccc1. The highest BCUT2D eigenvalue weighted by atomic mass is 16.5. The highest BCUT2D eigenvalue weighted by molar-refractivity contribution is 5.88. The van der Waals surface area contributed by atoms with E-state index in [9.17, 15) is 9.59 Å². The zero-order chi connectivity index (χ0) is 23.5. The van der Waals surface area contributed by atoms with Crippen molar-refractivity contribution in [2.45, 2.75) is 25.4 Å². The van der Waals surface area contributed by atoms with Crippen LogP contribution >= 0.6 is 0 Å². The number of methoxy groups -OCH3 is 1. The van der Waals surface area contributed by atoms with E-state index in [4.69, 9.17) is 4.74 Å². The van der Waals surface area contributed by atoms with E-state index in [2.05, 4.69) is 11.9 Å². The number of benzene rings is 3. The van der Waals surface area contributed by atoms with Crippen LogP contribution in [0.5, 0.6) is 5.75 Å². The van der Waals surface area contributed by atoms with E-state index in [0.29, 0.717) is 19.5 Å². The fourth-order valence-electron chi connectivity index (χ4n) is 3.64. The van der Waals surface area contributed by atoms with Crippen molar-refractivity contribution >= 4 is 11.8 Å². The molecule has 0 heterocycles. The Hall–Kier alpha value is -3.86. The fourth-order valence-corrected chi connectivity index (χ4v) is 3.64. The number of hydrogen-bond donors (Lipinski definition) is 1. The third-order valence-electron chi connectivity index (χ3n) is 5.40. The number of carbonyl (C=O) groups excluding carboxylic acids is 2. The van der Waals surface area contributed by atoms with Crippen LogP contribution in [0.4, 0.5) is 0 Å². The predicted molar refractivity (Wildman–Crippen MR) is 131 cm³/mol. The third-order valence-corrected chi connectivity index (χ3v) is 5.40. The Kier molecular flexibility index (Phi) is 8.83. The van der Waals surface area contributed by atoms with Gasteiger partial charge in [0.2, 0.25) is 11.8 Å². The first-order valence-electron chi connectivity index (χ1n) is 11.0. The zero-order valence-corrected chi connectivity index (χ0v) is 18.9. The predicted octanol–water partition coefficient (Wildman–Crippen LogP) is 4.18. The Morgan fingerprint density at radius 2 is 1.52 bits per heavy atom. The third kappa shape index (κ3) is 7.07. The van der Waals surface area contributed by atoms with Crippen LogP contribution in [-0.2, 0) is 29.0 Å². The van der Waals surface area contributed by atoms with Crippen molar-refractivity contribution in [2.75, 3.05) is 13.7 Å². The molecule has 0 radical (unpaired) electrons. The second-order valence-corrected chi connectivity index (χ2v) is 7.77. The number of carbonyl (C=O) groups is 2. The molecule has 5 heteroatoms. The lowest BCUT2D eigenvalue weighted by Crippen LogP contribution is -2.51. The molecule has 1 N–H and O–H groups in total. The van der Waals surface area contributed by atoms with Crippen LogP contribution < -0.4 is 10.1 Å². The lowest BCUT2D eigenvalue weighted by atomic mass is 10.0. The Balaban J connectivity index is 1.93. The molecule has 170 valence electrons. The molecule has 0 saturated carbocycles. The number of nitrogens with zero attached hydrogens (tertiary/aromatic N) is 1. The summed E-state index contributed by atoms with van der Waals surface area (Å²) in [6.07, 6.45) is 2.27. The maximum atomic E-state index is 13.6. The molecule has 0 saturated heterocycles. The molecule has 0 aliphatic rings. The molecule has 0 spiro atoms. The molecule has 5 nitrogen and oxygen atoms in total. The van der Waals surface area contributed by atoms with Gasteiger partial charge in [0.1, 0.15) is 11.8 Å². The Morgan fingerprint density at radius 1 is 0.909 bits per heavy atom. The summed E-state index contributed by atoms with van der Waals surface area (Å²) in [6, 6.07) is 26.2. The minimum Gasteiger partial charge on any atom is -0.497 e. The fraction of sp³-hybridized carbons (Fsp3) is 0.214. The summed E-state index contributed by atoms with van der Waals surface area (Å²) in [6.45, 7) is 4.34. The summed E-state index contributed by atoms with van der Waals surface area (Å²) in [7, 11) is 1.62. The van der Waals surface area contributed by atoms with Gasteiger partial charge in [0.15, 0.2) is 0 Å². The van der Waals surface area contributed by atoms with Crippen molar-refractivity contribution in [3.8, 4) is 5.75 Å². The van der Waals surface area contributed by atoms with Crippen molar-refractivity contribution in [1.29, 1.82) is 0 Å². The van der Waals surface area contributed by atoms with Crippen LogP contribution in [0.1, 0.15) is 16.7 Å². The second kappa shape index (κ2) is 12.2. The highest BCUT2D eigenvalue weighted by Gasteiger charge is 2.30. The van der Waals surface area contributed by atoms with Crippen molar-refractivity contribution in [1.82, 2.24) is 10.2 Å². The minimum atomic E-state index is -0.661. The van der Waals surface area contributed by atoms with Crippen LogP contribution in [0.2, 0.25) is 0 Å². The van der Waals surface area contributed by atoms with Gasteiger partial charge in [-0.25, -0.2) is 0 Å². The molecule has 0 fully saturated rings. The molecule has 3 aromatic carbocycles. The van der Waals surface area contributed by atoms with Gasteiger partial charge in [0.25, 0.3) is 0 Å². The van der Waals surface area contributed by atoms with Gasteiger partial charge in [-0.3, -0.25) is 9.59 Å². The molecular formula is C28H30N2O3. The van der Waals surface area contributed by atoms with Crippen molar-refractivity contribution in [2.24, 2.45) is 0 Å². The Morgan fingerprint density at radius 3 is 2.09 bits per heavy atom. The molecular weight excluding hydrogens is 412 g/mol. The van der Waals surface area contributed by atoms with Crippen LogP contribution in [-0.4, -0.2) is 36.4 Å². The molecule has 1 atom stereocenters. The average molecular weight is 443 g/mol. The molecule has 0 aromatic heterocycles. The van der Waals surface area contributed by atoms with Crippen molar-refractivity contribution in [3.05, 3.63) is 114 Å². The van der Waals surface area contributed by atoms with E-state index in [0.717, 1.165) is 22.4 Å². The summed E-state index contributed by atoms with van der Waals surface area (Å²) >= 11 is 0. The number of rotatable bonds is 11. The van der Waals surface area contributed by atoms with E-state index >= 15 is 0 Å². The summed E-state index contributed by atoms with van der Waals surface area (Å²) in [5.74, 6) is 0.436. The van der Waals surface area contributed by atoms with E-state index in [1.807, 2.05) is 84.9 Å². The lowest BCUT2D eigenvalue weighted by molar-refractivity contribution is -0.140. The molecule has 0 aliphatic heterocycles. The number of amides is 2. The molecule has 33 heavy (non-hydrogen) atoms. The monoisotopic (exact) mass is 442 g/mol. The number of ether oxygens (including phenoxy) is 1. The van der Waals surface area contributed by atoms with Gasteiger partial charge < -0.3 is 15.0 Å². The first-order chi connectivity index (χ1) is 16.1. The highest BCUT2D eigenvalue weighted by Crippen LogP contribution is 2.18. The van der Waals surface area contributed by atoms with Gasteiger partial charge in [0.05, 0.1) is 13.5 Å². The standard InChI is InChI=1S/C28H30N2O3/c1-3-18-29-28(32)26(19-22-10-6-4-7-11-22)30(21-24-14-16-25(33-2)17-15-24)27(31)20-23-12-8-5-9-13-23/h3-17,26H,1,18-21H2,2H3,(H,29,32). The molecule has 0 bridgehead atoms. The Labute approximate surface area is 195 Å². The maximum Gasteiger partial charge on any atom is 0.243 e. The quantitative estimate of drug-likeness (QED) is 0.453. The van der Waals surface area contributed by atoms with E-state index in [1.54, 1.807) is 18.1 Å². The van der Waals surface area contributed by atoms with Gasteiger partial charge in [-0.1, -0.05) is 78.9 Å². The smallest absolute Gasteiger partial charge is 0.243 e. The summed E-state index contributed by atoms with van der Waals surface area (Å²) in [5.41, 5.74) is 2.82. The minimum absolute atomic E-state index is 0.105. The zero-order valence-electron chi connectivity index (χ0n) is 18.9. The number of nitrogens with one attached hydrogen (secondary N) is 1. The molecule has 1 unspecified atom stereocenters. The summed E-state index contributed by atoms with van der Waals surface area (Å²) < 4.78 is 5.26. The second-order valence-electron chi connectivity index (χ2n) is 7.77. The molecule has 0 aliphatic carbocycles. The van der Waals surface area contributed by atoms with Gasteiger partial charge in [-0.2, -0.15) is 0 Å². The topological polar surface area (TPSA) is 58.6 Å². The first kappa shape index (κ1) is 23.8. The van der Waals surface area contributed by atoms with Gasteiger partial charge >= 0.3 is 0 Å². The molecule has 3 rings (SSSR count). The molecule has 3 aromatic rings. The van der Waals surface area contributed by atoms with Gasteiger partial charge in [-0.05, 0) is 28.8 Å². The first-order valence-corrected chi connectivity index (χ1v) is 11.0. The normalized spacial score (nSPS) is 11.3. The van der Waals surface area contributed by atoms with Gasteiger partial charge in [0, 0.05) is 19.5 Å². The van der Waals surface area contributed by atoms with Crippen molar-refractivity contribution in [3.63, 3.8) is 0 Å². The summed E-state index contributed by atoms with van der Waals surface area (Å²) in [5, 5.41) is 2.89. The summed E-state index contributed by atoms with van der Waals surface area (Å²) in [4.78, 5) is 28.5. The van der Waals surface area contributed by atoms with Crippen LogP contribution in [0.15, 0.2) is 97.6 Å². The lowest BCUT2D eigenvalue weighted by Gasteiger charge is -2.31. The van der Waals surface area contributed by atoms with Crippen LogP contribution in [0.25, 0.3) is 0 Å². The van der Waals surface area contributed by atoms with Crippen molar-refractivity contribution < 1.29 is 14.3 Å². The van der Waals surface area contributed by atoms with E-state index < -0.39 is 6.04 Å². The van der Waals surface area contributed by atoms with E-state index in [1.165, 1.54) is 0 Å².